The molecule has 1 aromatic heterocycles. The third kappa shape index (κ3) is 4.66. The minimum Gasteiger partial charge on any atom is -0.480 e. The van der Waals surface area contributed by atoms with E-state index in [2.05, 4.69) is 20.3 Å². The molecule has 3 N–H and O–H groups in total. The second-order valence-corrected chi connectivity index (χ2v) is 9.93. The molecule has 0 saturated heterocycles. The maximum atomic E-state index is 14.5. The highest BCUT2D eigenvalue weighted by Gasteiger charge is 2.40. The van der Waals surface area contributed by atoms with E-state index < -0.39 is 32.9 Å². The summed E-state index contributed by atoms with van der Waals surface area (Å²) >= 11 is 0. The topological polar surface area (TPSA) is 137 Å². The molecular weight excluding hydrogens is 425 g/mol. The summed E-state index contributed by atoms with van der Waals surface area (Å²) in [5.74, 6) is -0.874. The Balaban J connectivity index is 1.56. The van der Waals surface area contributed by atoms with Crippen molar-refractivity contribution in [3.05, 3.63) is 47.7 Å². The zero-order valence-corrected chi connectivity index (χ0v) is 17.6. The number of carbonyl (C=O) groups is 1. The summed E-state index contributed by atoms with van der Waals surface area (Å²) in [7, 11) is -2.14. The van der Waals surface area contributed by atoms with Crippen LogP contribution in [0.5, 0.6) is 5.88 Å². The van der Waals surface area contributed by atoms with Crippen LogP contribution in [0.4, 0.5) is 10.1 Å². The summed E-state index contributed by atoms with van der Waals surface area (Å²) in [6.45, 7) is 0. The van der Waals surface area contributed by atoms with Crippen molar-refractivity contribution in [1.29, 1.82) is 0 Å². The first-order valence-electron chi connectivity index (χ1n) is 9.78. The predicted molar refractivity (Wildman–Crippen MR) is 112 cm³/mol. The fourth-order valence-corrected chi connectivity index (χ4v) is 5.44. The van der Waals surface area contributed by atoms with Crippen LogP contribution >= 0.6 is 0 Å². The smallest absolute Gasteiger partial charge is 0.275 e. The maximum absolute atomic E-state index is 14.5. The molecule has 9 nitrogen and oxygen atoms in total. The third-order valence-electron chi connectivity index (χ3n) is 5.39. The zero-order valence-electron chi connectivity index (χ0n) is 16.8. The number of nitrogens with zero attached hydrogens (tertiary/aromatic N) is 3. The van der Waals surface area contributed by atoms with E-state index >= 15 is 0 Å². The quantitative estimate of drug-likeness (QED) is 0.690. The van der Waals surface area contributed by atoms with E-state index in [1.54, 1.807) is 0 Å². The first-order chi connectivity index (χ1) is 14.8. The number of aliphatic imine (C=N–C) groups is 1. The van der Waals surface area contributed by atoms with E-state index in [1.165, 1.54) is 31.6 Å². The van der Waals surface area contributed by atoms with Gasteiger partial charge in [-0.05, 0) is 30.5 Å². The number of amidine groups is 1. The minimum absolute atomic E-state index is 0.0190. The van der Waals surface area contributed by atoms with Crippen molar-refractivity contribution in [2.24, 2.45) is 16.6 Å². The Morgan fingerprint density at radius 2 is 2.06 bits per heavy atom. The van der Waals surface area contributed by atoms with Crippen LogP contribution in [0.2, 0.25) is 0 Å². The van der Waals surface area contributed by atoms with Gasteiger partial charge in [-0.2, -0.15) is 0 Å². The first kappa shape index (κ1) is 21.2. The van der Waals surface area contributed by atoms with Crippen molar-refractivity contribution >= 4 is 27.3 Å². The van der Waals surface area contributed by atoms with Crippen LogP contribution in [-0.2, 0) is 9.84 Å². The van der Waals surface area contributed by atoms with Gasteiger partial charge in [-0.3, -0.25) is 9.79 Å². The molecule has 1 aliphatic heterocycles. The first-order valence-corrected chi connectivity index (χ1v) is 11.5. The minimum atomic E-state index is -3.57. The van der Waals surface area contributed by atoms with E-state index in [0.717, 1.165) is 18.9 Å². The van der Waals surface area contributed by atoms with Gasteiger partial charge in [-0.1, -0.05) is 12.8 Å². The number of carbonyl (C=O) groups excluding carboxylic acids is 1. The molecule has 1 saturated carbocycles. The largest absolute Gasteiger partial charge is 0.480 e. The van der Waals surface area contributed by atoms with E-state index in [0.29, 0.717) is 12.3 Å². The number of nitrogens with one attached hydrogen (secondary N) is 1. The summed E-state index contributed by atoms with van der Waals surface area (Å²) in [5, 5.41) is 1.79. The fourth-order valence-electron chi connectivity index (χ4n) is 3.51. The number of amides is 1. The SMILES string of the molecule is COc1cnc(C(=O)Nc2ccc(F)c(C3CS(=O)(=O)C(CC4CC4)C(N)=N3)c2)cn1. The zero-order chi connectivity index (χ0) is 22.2. The molecule has 2 heterocycles. The van der Waals surface area contributed by atoms with Gasteiger partial charge in [-0.15, -0.1) is 0 Å². The van der Waals surface area contributed by atoms with Gasteiger partial charge in [0.1, 0.15) is 22.6 Å². The molecule has 11 heteroatoms. The van der Waals surface area contributed by atoms with Gasteiger partial charge in [0.25, 0.3) is 5.91 Å². The molecule has 2 atom stereocenters. The Hall–Kier alpha value is -3.08. The third-order valence-corrected chi connectivity index (χ3v) is 7.47. The summed E-state index contributed by atoms with van der Waals surface area (Å²) < 4.78 is 45.0. The van der Waals surface area contributed by atoms with E-state index in [9.17, 15) is 17.6 Å². The Labute approximate surface area is 178 Å². The highest BCUT2D eigenvalue weighted by molar-refractivity contribution is 7.92. The molecule has 31 heavy (non-hydrogen) atoms. The van der Waals surface area contributed by atoms with Gasteiger partial charge in [-0.25, -0.2) is 22.8 Å². The highest BCUT2D eigenvalue weighted by atomic mass is 32.2. The number of halogens is 1. The number of aromatic nitrogens is 2. The second kappa shape index (κ2) is 8.22. The lowest BCUT2D eigenvalue weighted by Gasteiger charge is -2.26. The average Bonchev–Trinajstić information content (AvgIpc) is 3.56. The van der Waals surface area contributed by atoms with Crippen molar-refractivity contribution in [2.45, 2.75) is 30.6 Å². The van der Waals surface area contributed by atoms with Crippen LogP contribution in [0.3, 0.4) is 0 Å². The van der Waals surface area contributed by atoms with E-state index in [-0.39, 0.29) is 34.4 Å². The molecule has 2 aromatic rings. The molecule has 2 unspecified atom stereocenters. The van der Waals surface area contributed by atoms with Crippen molar-refractivity contribution in [3.8, 4) is 5.88 Å². The number of anilines is 1. The van der Waals surface area contributed by atoms with Crippen LogP contribution in [-0.4, -0.2) is 48.2 Å². The lowest BCUT2D eigenvalue weighted by atomic mass is 10.1. The highest BCUT2D eigenvalue weighted by Crippen LogP contribution is 2.38. The average molecular weight is 447 g/mol. The van der Waals surface area contributed by atoms with Crippen LogP contribution in [0.25, 0.3) is 0 Å². The number of hydrogen-bond donors (Lipinski definition) is 2. The standard InChI is InChI=1S/C20H22FN5O4S/c1-30-18-9-23-15(8-24-18)20(27)25-12-4-5-14(21)13(7-12)16-10-31(28,29)17(19(22)26-16)6-11-2-3-11/h4-5,7-9,11,16-17H,2-3,6,10H2,1H3,(H2,22,26)(H,25,27). The van der Waals surface area contributed by atoms with Crippen molar-refractivity contribution in [1.82, 2.24) is 9.97 Å². The predicted octanol–water partition coefficient (Wildman–Crippen LogP) is 1.87. The monoisotopic (exact) mass is 447 g/mol. The molecule has 1 aromatic carbocycles. The number of nitrogens with two attached hydrogens (primary N) is 1. The van der Waals surface area contributed by atoms with Crippen LogP contribution in [0.1, 0.15) is 41.4 Å². The van der Waals surface area contributed by atoms with Gasteiger partial charge in [0.05, 0.1) is 31.3 Å². The molecule has 4 rings (SSSR count). The van der Waals surface area contributed by atoms with Gasteiger partial charge < -0.3 is 15.8 Å². The molecule has 0 spiro atoms. The molecule has 1 aliphatic carbocycles. The number of sulfone groups is 1. The number of benzene rings is 1. The van der Waals surface area contributed by atoms with Gasteiger partial charge in [0.15, 0.2) is 9.84 Å². The molecule has 0 bridgehead atoms. The summed E-state index contributed by atoms with van der Waals surface area (Å²) in [6, 6.07) is 2.91. The summed E-state index contributed by atoms with van der Waals surface area (Å²) in [4.78, 5) is 24.6. The summed E-state index contributed by atoms with van der Waals surface area (Å²) in [6.07, 6.45) is 5.01. The van der Waals surface area contributed by atoms with E-state index in [4.69, 9.17) is 10.5 Å². The number of rotatable bonds is 6. The van der Waals surface area contributed by atoms with Crippen LogP contribution in [0, 0.1) is 11.7 Å². The van der Waals surface area contributed by atoms with Gasteiger partial charge >= 0.3 is 0 Å². The normalized spacial score (nSPS) is 22.5. The lowest BCUT2D eigenvalue weighted by Crippen LogP contribution is -2.43. The molecule has 164 valence electrons. The molecular formula is C20H22FN5O4S. The van der Waals surface area contributed by atoms with Crippen molar-refractivity contribution in [2.75, 3.05) is 18.2 Å². The maximum Gasteiger partial charge on any atom is 0.275 e. The van der Waals surface area contributed by atoms with Crippen molar-refractivity contribution < 1.29 is 22.3 Å². The molecule has 0 radical (unpaired) electrons. The van der Waals surface area contributed by atoms with Crippen molar-refractivity contribution in [3.63, 3.8) is 0 Å². The molecule has 2 aliphatic rings. The Morgan fingerprint density at radius 1 is 1.29 bits per heavy atom. The Morgan fingerprint density at radius 3 is 2.68 bits per heavy atom. The summed E-state index contributed by atoms with van der Waals surface area (Å²) in [5.41, 5.74) is 6.34. The van der Waals surface area contributed by atoms with Gasteiger partial charge in [0, 0.05) is 11.3 Å². The molecule has 1 amide bonds. The van der Waals surface area contributed by atoms with Crippen LogP contribution < -0.4 is 15.8 Å². The Bertz CT molecular complexity index is 1130. The van der Waals surface area contributed by atoms with Gasteiger partial charge in [0.2, 0.25) is 5.88 Å². The number of hydrogen-bond acceptors (Lipinski definition) is 8. The Kier molecular flexibility index (Phi) is 5.61. The number of methoxy groups -OCH3 is 1. The number of ether oxygens (including phenoxy) is 1. The second-order valence-electron chi connectivity index (χ2n) is 7.70. The fraction of sp³-hybridized carbons (Fsp3) is 0.400. The van der Waals surface area contributed by atoms with Crippen LogP contribution in [0.15, 0.2) is 35.6 Å². The lowest BCUT2D eigenvalue weighted by molar-refractivity contribution is 0.102. The van der Waals surface area contributed by atoms with E-state index in [1.807, 2.05) is 0 Å². The molecule has 1 fully saturated rings.